The number of nitrogens with zero attached hydrogens (tertiary/aromatic N) is 1. The summed E-state index contributed by atoms with van der Waals surface area (Å²) in [6, 6.07) is 7.75. The summed E-state index contributed by atoms with van der Waals surface area (Å²) in [5, 5.41) is 9.50. The zero-order chi connectivity index (χ0) is 11.4. The lowest BCUT2D eigenvalue weighted by molar-refractivity contribution is -0.00000443. The van der Waals surface area contributed by atoms with E-state index in [0.717, 1.165) is 6.54 Å². The van der Waals surface area contributed by atoms with Crippen molar-refractivity contribution in [3.05, 3.63) is 29.8 Å². The zero-order valence-electron chi connectivity index (χ0n) is 10.4. The molecule has 0 radical (unpaired) electrons. The molecule has 1 aliphatic rings. The molecule has 3 heteroatoms. The third kappa shape index (κ3) is 3.90. The molecule has 1 fully saturated rings. The van der Waals surface area contributed by atoms with Crippen LogP contribution in [0, 0.1) is 0 Å². The van der Waals surface area contributed by atoms with E-state index in [1.165, 1.54) is 37.9 Å². The molecule has 1 aromatic carbocycles. The van der Waals surface area contributed by atoms with E-state index < -0.39 is 0 Å². The molecule has 1 aliphatic heterocycles. The number of rotatable bonds is 3. The first-order valence-electron chi connectivity index (χ1n) is 6.31. The molecule has 96 valence electrons. The van der Waals surface area contributed by atoms with Crippen LogP contribution in [0.15, 0.2) is 24.3 Å². The summed E-state index contributed by atoms with van der Waals surface area (Å²) in [5.74, 6) is 0.998. The minimum atomic E-state index is 0. The number of hydrogen-bond donors (Lipinski definition) is 1. The van der Waals surface area contributed by atoms with Crippen molar-refractivity contribution in [1.29, 1.82) is 0 Å². The molecule has 0 bridgehead atoms. The first-order valence-corrected chi connectivity index (χ1v) is 6.31. The molecule has 1 N–H and O–H groups in total. The Hall–Kier alpha value is -0.730. The molecule has 2 rings (SSSR count). The average Bonchev–Trinajstić information content (AvgIpc) is 2.30. The predicted molar refractivity (Wildman–Crippen MR) is 66.8 cm³/mol. The number of aromatic hydroxyl groups is 1. The van der Waals surface area contributed by atoms with Crippen molar-refractivity contribution in [3.8, 4) is 5.75 Å². The van der Waals surface area contributed by atoms with Gasteiger partial charge in [0.25, 0.3) is 0 Å². The lowest BCUT2D eigenvalue weighted by atomic mass is 9.90. The van der Waals surface area contributed by atoms with Crippen molar-refractivity contribution in [1.82, 2.24) is 4.90 Å². The van der Waals surface area contributed by atoms with Crippen molar-refractivity contribution >= 4 is 0 Å². The SMILES string of the molecule is CCCN1CCC[C@H](c2cccc(O)c2)C1.[Cl-]. The van der Waals surface area contributed by atoms with Crippen molar-refractivity contribution in [2.24, 2.45) is 0 Å². The van der Waals surface area contributed by atoms with Crippen LogP contribution in [0.1, 0.15) is 37.7 Å². The molecule has 1 aromatic rings. The summed E-state index contributed by atoms with van der Waals surface area (Å²) in [7, 11) is 0. The fourth-order valence-electron chi connectivity index (χ4n) is 2.63. The number of piperidine rings is 1. The van der Waals surface area contributed by atoms with E-state index in [1.54, 1.807) is 6.07 Å². The average molecular weight is 255 g/mol. The predicted octanol–water partition coefficient (Wildman–Crippen LogP) is -0.0144. The van der Waals surface area contributed by atoms with Crippen molar-refractivity contribution in [3.63, 3.8) is 0 Å². The van der Waals surface area contributed by atoms with Crippen LogP contribution in [0.3, 0.4) is 0 Å². The summed E-state index contributed by atoms with van der Waals surface area (Å²) < 4.78 is 0. The Balaban J connectivity index is 0.00000144. The van der Waals surface area contributed by atoms with E-state index in [1.807, 2.05) is 12.1 Å². The Morgan fingerprint density at radius 1 is 1.41 bits per heavy atom. The van der Waals surface area contributed by atoms with Gasteiger partial charge in [-0.1, -0.05) is 19.1 Å². The molecule has 2 nitrogen and oxygen atoms in total. The third-order valence-electron chi connectivity index (χ3n) is 3.39. The number of likely N-dealkylation sites (tertiary alicyclic amines) is 1. The molecule has 1 heterocycles. The highest BCUT2D eigenvalue weighted by molar-refractivity contribution is 5.30. The summed E-state index contributed by atoms with van der Waals surface area (Å²) >= 11 is 0. The maximum Gasteiger partial charge on any atom is 0.115 e. The van der Waals surface area contributed by atoms with Gasteiger partial charge in [-0.3, -0.25) is 0 Å². The van der Waals surface area contributed by atoms with Crippen molar-refractivity contribution < 1.29 is 17.5 Å². The van der Waals surface area contributed by atoms with Crippen LogP contribution in [0.25, 0.3) is 0 Å². The summed E-state index contributed by atoms with van der Waals surface area (Å²) in [5.41, 5.74) is 1.29. The van der Waals surface area contributed by atoms with Crippen molar-refractivity contribution in [2.75, 3.05) is 19.6 Å². The van der Waals surface area contributed by atoms with Crippen LogP contribution in [-0.2, 0) is 0 Å². The highest BCUT2D eigenvalue weighted by Gasteiger charge is 2.20. The van der Waals surface area contributed by atoms with Crippen LogP contribution < -0.4 is 12.4 Å². The van der Waals surface area contributed by atoms with E-state index >= 15 is 0 Å². The largest absolute Gasteiger partial charge is 1.00 e. The molecule has 0 amide bonds. The number of hydrogen-bond acceptors (Lipinski definition) is 2. The topological polar surface area (TPSA) is 23.5 Å². The lowest BCUT2D eigenvalue weighted by Gasteiger charge is -2.32. The molecule has 17 heavy (non-hydrogen) atoms. The third-order valence-corrected chi connectivity index (χ3v) is 3.39. The van der Waals surface area contributed by atoms with Gasteiger partial charge in [-0.15, -0.1) is 0 Å². The maximum absolute atomic E-state index is 9.50. The number of benzene rings is 1. The zero-order valence-corrected chi connectivity index (χ0v) is 11.2. The van der Waals surface area contributed by atoms with E-state index in [-0.39, 0.29) is 12.4 Å². The smallest absolute Gasteiger partial charge is 0.115 e. The van der Waals surface area contributed by atoms with Crippen LogP contribution in [0.4, 0.5) is 0 Å². The first-order chi connectivity index (χ1) is 7.79. The van der Waals surface area contributed by atoms with Gasteiger partial charge < -0.3 is 22.4 Å². The van der Waals surface area contributed by atoms with Gasteiger partial charge in [-0.2, -0.15) is 0 Å². The van der Waals surface area contributed by atoms with Crippen molar-refractivity contribution in [2.45, 2.75) is 32.1 Å². The minimum Gasteiger partial charge on any atom is -1.00 e. The Labute approximate surface area is 110 Å². The molecule has 0 unspecified atom stereocenters. The summed E-state index contributed by atoms with van der Waals surface area (Å²) in [4.78, 5) is 2.54. The first kappa shape index (κ1) is 14.3. The highest BCUT2D eigenvalue weighted by Crippen LogP contribution is 2.28. The van der Waals surface area contributed by atoms with Gasteiger partial charge in [-0.25, -0.2) is 0 Å². The highest BCUT2D eigenvalue weighted by atomic mass is 35.5. The molecule has 0 saturated carbocycles. The molecule has 0 spiro atoms. The Kier molecular flexibility index (Phi) is 5.79. The van der Waals surface area contributed by atoms with Gasteiger partial charge in [0.05, 0.1) is 0 Å². The standard InChI is InChI=1S/C14H21NO.ClH/c1-2-8-15-9-4-6-13(11-15)12-5-3-7-14(16)10-12;/h3,5,7,10,13,16H,2,4,6,8-9,11H2,1H3;1H/p-1/t13-;/m0./s1. The molecule has 0 aliphatic carbocycles. The van der Waals surface area contributed by atoms with Gasteiger partial charge in [0.15, 0.2) is 0 Å². The van der Waals surface area contributed by atoms with E-state index in [0.29, 0.717) is 11.7 Å². The second-order valence-corrected chi connectivity index (χ2v) is 4.73. The number of phenols is 1. The van der Waals surface area contributed by atoms with Gasteiger partial charge >= 0.3 is 0 Å². The summed E-state index contributed by atoms with van der Waals surface area (Å²) in [6.07, 6.45) is 3.76. The Bertz CT molecular complexity index is 341. The van der Waals surface area contributed by atoms with Gasteiger partial charge in [0.2, 0.25) is 0 Å². The van der Waals surface area contributed by atoms with Crippen LogP contribution >= 0.6 is 0 Å². The Morgan fingerprint density at radius 3 is 2.94 bits per heavy atom. The van der Waals surface area contributed by atoms with E-state index in [4.69, 9.17) is 0 Å². The molecular formula is C14H21ClNO-. The number of halogens is 1. The van der Waals surface area contributed by atoms with Crippen LogP contribution in [-0.4, -0.2) is 29.6 Å². The number of phenolic OH excluding ortho intramolecular Hbond substituents is 1. The van der Waals surface area contributed by atoms with E-state index in [9.17, 15) is 5.11 Å². The van der Waals surface area contributed by atoms with E-state index in [2.05, 4.69) is 17.9 Å². The second-order valence-electron chi connectivity index (χ2n) is 4.73. The molecule has 0 aromatic heterocycles. The van der Waals surface area contributed by atoms with Gasteiger partial charge in [0.1, 0.15) is 5.75 Å². The normalized spacial score (nSPS) is 20.9. The monoisotopic (exact) mass is 254 g/mol. The summed E-state index contributed by atoms with van der Waals surface area (Å²) in [6.45, 7) is 5.83. The van der Waals surface area contributed by atoms with Gasteiger partial charge in [-0.05, 0) is 56.0 Å². The second kappa shape index (κ2) is 6.87. The molecule has 1 saturated heterocycles. The fraction of sp³-hybridized carbons (Fsp3) is 0.571. The molecular weight excluding hydrogens is 234 g/mol. The Morgan fingerprint density at radius 2 is 2.24 bits per heavy atom. The lowest BCUT2D eigenvalue weighted by Crippen LogP contribution is -3.00. The molecule has 1 atom stereocenters. The van der Waals surface area contributed by atoms with Gasteiger partial charge in [0, 0.05) is 6.54 Å². The van der Waals surface area contributed by atoms with Crippen LogP contribution in [0.5, 0.6) is 5.75 Å². The quantitative estimate of drug-likeness (QED) is 0.820. The maximum atomic E-state index is 9.50. The fourth-order valence-corrected chi connectivity index (χ4v) is 2.63. The van der Waals surface area contributed by atoms with Crippen LogP contribution in [0.2, 0.25) is 0 Å². The minimum absolute atomic E-state index is 0.